The molecule has 1 aromatic heterocycles. The Morgan fingerprint density at radius 2 is 1.48 bits per heavy atom. The lowest BCUT2D eigenvalue weighted by Crippen LogP contribution is -2.09. The first-order chi connectivity index (χ1) is 13.0. The smallest absolute Gasteiger partial charge is 0.239 e. The second kappa shape index (κ2) is 6.99. The van der Waals surface area contributed by atoms with Crippen LogP contribution in [0.25, 0.3) is 22.3 Å². The van der Waals surface area contributed by atoms with Gasteiger partial charge in [0.25, 0.3) is 0 Å². The molecule has 0 unspecified atom stereocenters. The van der Waals surface area contributed by atoms with Gasteiger partial charge in [-0.05, 0) is 12.1 Å². The molecule has 2 aromatic carbocycles. The van der Waals surface area contributed by atoms with Crippen molar-refractivity contribution in [3.05, 3.63) is 34.5 Å². The molecular formula is C19H18O8. The van der Waals surface area contributed by atoms with E-state index >= 15 is 0 Å². The molecule has 0 amide bonds. The molecule has 27 heavy (non-hydrogen) atoms. The van der Waals surface area contributed by atoms with E-state index < -0.39 is 16.9 Å². The van der Waals surface area contributed by atoms with Gasteiger partial charge in [0, 0.05) is 5.56 Å². The highest BCUT2D eigenvalue weighted by Crippen LogP contribution is 2.50. The predicted octanol–water partition coefficient (Wildman–Crippen LogP) is 2.91. The summed E-state index contributed by atoms with van der Waals surface area (Å²) in [6.07, 6.45) is 0. The standard InChI is InChI=1S/C19H18O8/c1-23-10-7-5-6-9(8-10)15-17(24-2)12(20)11-13(21)18(25-3)19(26-4)14(22)16(11)27-15/h5-8,21-22H,1-4H3. The van der Waals surface area contributed by atoms with Crippen LogP contribution in [0.5, 0.6) is 34.5 Å². The number of methoxy groups -OCH3 is 4. The molecular weight excluding hydrogens is 356 g/mol. The number of rotatable bonds is 5. The van der Waals surface area contributed by atoms with Gasteiger partial charge in [-0.1, -0.05) is 12.1 Å². The lowest BCUT2D eigenvalue weighted by molar-refractivity contribution is 0.317. The molecule has 0 bridgehead atoms. The average Bonchev–Trinajstić information content (AvgIpc) is 2.69. The summed E-state index contributed by atoms with van der Waals surface area (Å²) in [5.74, 6) is -0.888. The summed E-state index contributed by atoms with van der Waals surface area (Å²) in [6.45, 7) is 0. The van der Waals surface area contributed by atoms with E-state index in [1.54, 1.807) is 24.3 Å². The summed E-state index contributed by atoms with van der Waals surface area (Å²) in [7, 11) is 5.37. The highest BCUT2D eigenvalue weighted by Gasteiger charge is 2.28. The van der Waals surface area contributed by atoms with E-state index in [1.165, 1.54) is 28.4 Å². The first kappa shape index (κ1) is 18.2. The van der Waals surface area contributed by atoms with E-state index in [9.17, 15) is 15.0 Å². The molecule has 142 valence electrons. The van der Waals surface area contributed by atoms with Crippen LogP contribution in [-0.4, -0.2) is 38.7 Å². The number of fused-ring (bicyclic) bond motifs is 1. The molecule has 3 aromatic rings. The molecule has 0 saturated carbocycles. The lowest BCUT2D eigenvalue weighted by atomic mass is 10.1. The highest BCUT2D eigenvalue weighted by atomic mass is 16.5. The van der Waals surface area contributed by atoms with Crippen LogP contribution in [0.15, 0.2) is 33.5 Å². The normalized spacial score (nSPS) is 10.7. The molecule has 0 radical (unpaired) electrons. The monoisotopic (exact) mass is 374 g/mol. The molecule has 3 rings (SSSR count). The van der Waals surface area contributed by atoms with Crippen molar-refractivity contribution in [3.63, 3.8) is 0 Å². The molecule has 0 saturated heterocycles. The Morgan fingerprint density at radius 1 is 0.852 bits per heavy atom. The molecule has 0 aliphatic heterocycles. The average molecular weight is 374 g/mol. The lowest BCUT2D eigenvalue weighted by Gasteiger charge is -2.15. The Bertz CT molecular complexity index is 1070. The number of phenols is 2. The van der Waals surface area contributed by atoms with Gasteiger partial charge in [0.2, 0.25) is 28.4 Å². The summed E-state index contributed by atoms with van der Waals surface area (Å²) in [4.78, 5) is 13.0. The third-order valence-electron chi connectivity index (χ3n) is 4.10. The summed E-state index contributed by atoms with van der Waals surface area (Å²) < 4.78 is 26.3. The van der Waals surface area contributed by atoms with Crippen LogP contribution in [0.1, 0.15) is 0 Å². The predicted molar refractivity (Wildman–Crippen MR) is 97.5 cm³/mol. The Labute approximate surface area is 154 Å². The quantitative estimate of drug-likeness (QED) is 0.657. The summed E-state index contributed by atoms with van der Waals surface area (Å²) in [5.41, 5.74) is -0.446. The van der Waals surface area contributed by atoms with Crippen LogP contribution in [0.3, 0.4) is 0 Å². The van der Waals surface area contributed by atoms with Crippen molar-refractivity contribution >= 4 is 11.0 Å². The highest BCUT2D eigenvalue weighted by molar-refractivity contribution is 5.96. The molecule has 0 aliphatic rings. The fourth-order valence-corrected chi connectivity index (χ4v) is 2.85. The van der Waals surface area contributed by atoms with Crippen molar-refractivity contribution in [1.29, 1.82) is 0 Å². The van der Waals surface area contributed by atoms with Crippen molar-refractivity contribution in [3.8, 4) is 45.8 Å². The van der Waals surface area contributed by atoms with E-state index in [-0.39, 0.29) is 34.0 Å². The largest absolute Gasteiger partial charge is 0.504 e. The van der Waals surface area contributed by atoms with E-state index in [1.807, 2.05) is 0 Å². The zero-order valence-corrected chi connectivity index (χ0v) is 15.2. The Morgan fingerprint density at radius 3 is 2.07 bits per heavy atom. The van der Waals surface area contributed by atoms with Crippen LogP contribution in [0.2, 0.25) is 0 Å². The van der Waals surface area contributed by atoms with Crippen LogP contribution >= 0.6 is 0 Å². The summed E-state index contributed by atoms with van der Waals surface area (Å²) in [5, 5.41) is 20.7. The molecule has 1 heterocycles. The maximum Gasteiger partial charge on any atom is 0.239 e. The fourth-order valence-electron chi connectivity index (χ4n) is 2.85. The van der Waals surface area contributed by atoms with Crippen molar-refractivity contribution < 1.29 is 33.6 Å². The van der Waals surface area contributed by atoms with Gasteiger partial charge in [-0.3, -0.25) is 4.79 Å². The molecule has 0 spiro atoms. The van der Waals surface area contributed by atoms with Gasteiger partial charge in [-0.15, -0.1) is 0 Å². The molecule has 0 aliphatic carbocycles. The summed E-state index contributed by atoms with van der Waals surface area (Å²) in [6, 6.07) is 6.77. The number of hydrogen-bond donors (Lipinski definition) is 2. The van der Waals surface area contributed by atoms with Gasteiger partial charge in [0.15, 0.2) is 17.1 Å². The minimum Gasteiger partial charge on any atom is -0.504 e. The number of phenolic OH excluding ortho intramolecular Hbond substituents is 2. The van der Waals surface area contributed by atoms with Crippen LogP contribution < -0.4 is 24.4 Å². The maximum atomic E-state index is 13.0. The van der Waals surface area contributed by atoms with Crippen molar-refractivity contribution in [2.24, 2.45) is 0 Å². The second-order valence-corrected chi connectivity index (χ2v) is 5.49. The minimum atomic E-state index is -0.676. The Kier molecular flexibility index (Phi) is 4.72. The van der Waals surface area contributed by atoms with Crippen LogP contribution in [0, 0.1) is 0 Å². The van der Waals surface area contributed by atoms with Gasteiger partial charge in [0.05, 0.1) is 28.4 Å². The summed E-state index contributed by atoms with van der Waals surface area (Å²) >= 11 is 0. The van der Waals surface area contributed by atoms with E-state index in [0.717, 1.165) is 0 Å². The molecule has 2 N–H and O–H groups in total. The SMILES string of the molecule is COc1cccc(-c2oc3c(O)c(OC)c(OC)c(O)c3c(=O)c2OC)c1. The third-order valence-corrected chi connectivity index (χ3v) is 4.10. The number of aromatic hydroxyl groups is 2. The number of ether oxygens (including phenoxy) is 4. The minimum absolute atomic E-state index is 0.0656. The van der Waals surface area contributed by atoms with Crippen molar-refractivity contribution in [2.45, 2.75) is 0 Å². The zero-order chi connectivity index (χ0) is 19.7. The maximum absolute atomic E-state index is 13.0. The van der Waals surface area contributed by atoms with Gasteiger partial charge < -0.3 is 33.6 Å². The van der Waals surface area contributed by atoms with E-state index in [2.05, 4.69) is 0 Å². The molecule has 0 atom stereocenters. The Balaban J connectivity index is 2.47. The number of hydrogen-bond acceptors (Lipinski definition) is 8. The second-order valence-electron chi connectivity index (χ2n) is 5.49. The fraction of sp³-hybridized carbons (Fsp3) is 0.211. The zero-order valence-electron chi connectivity index (χ0n) is 15.2. The first-order valence-corrected chi connectivity index (χ1v) is 7.83. The van der Waals surface area contributed by atoms with Gasteiger partial charge in [-0.25, -0.2) is 0 Å². The molecule has 8 nitrogen and oxygen atoms in total. The molecule has 8 heteroatoms. The Hall–Kier alpha value is -3.55. The number of benzene rings is 2. The van der Waals surface area contributed by atoms with Crippen LogP contribution in [0.4, 0.5) is 0 Å². The first-order valence-electron chi connectivity index (χ1n) is 7.83. The van der Waals surface area contributed by atoms with Gasteiger partial charge in [-0.2, -0.15) is 0 Å². The van der Waals surface area contributed by atoms with Gasteiger partial charge in [0.1, 0.15) is 11.1 Å². The van der Waals surface area contributed by atoms with E-state index in [4.69, 9.17) is 23.4 Å². The van der Waals surface area contributed by atoms with Crippen molar-refractivity contribution in [2.75, 3.05) is 28.4 Å². The third kappa shape index (κ3) is 2.75. The van der Waals surface area contributed by atoms with Crippen molar-refractivity contribution in [1.82, 2.24) is 0 Å². The van der Waals surface area contributed by atoms with E-state index in [0.29, 0.717) is 11.3 Å². The topological polar surface area (TPSA) is 108 Å². The molecule has 0 fully saturated rings. The van der Waals surface area contributed by atoms with Gasteiger partial charge >= 0.3 is 0 Å². The van der Waals surface area contributed by atoms with Crippen LogP contribution in [-0.2, 0) is 0 Å².